The average molecular weight is 240 g/mol. The molecule has 94 valence electrons. The summed E-state index contributed by atoms with van der Waals surface area (Å²) in [5, 5.41) is 0. The molecule has 0 aliphatic carbocycles. The van der Waals surface area contributed by atoms with Gasteiger partial charge in [-0.1, -0.05) is 45.0 Å². The van der Waals surface area contributed by atoms with Crippen LogP contribution in [0.4, 0.5) is 5.82 Å². The maximum absolute atomic E-state index is 5.97. The molecule has 1 aromatic carbocycles. The van der Waals surface area contributed by atoms with Crippen molar-refractivity contribution in [3.8, 4) is 11.1 Å². The predicted molar refractivity (Wildman–Crippen MR) is 77.5 cm³/mol. The summed E-state index contributed by atoms with van der Waals surface area (Å²) in [6.45, 7) is 8.70. The fourth-order valence-electron chi connectivity index (χ4n) is 2.09. The number of rotatable bonds is 1. The van der Waals surface area contributed by atoms with Crippen LogP contribution in [0.15, 0.2) is 36.5 Å². The van der Waals surface area contributed by atoms with Gasteiger partial charge in [-0.15, -0.1) is 0 Å². The highest BCUT2D eigenvalue weighted by molar-refractivity contribution is 5.76. The molecule has 0 aliphatic heterocycles. The van der Waals surface area contributed by atoms with Gasteiger partial charge in [0, 0.05) is 11.8 Å². The van der Waals surface area contributed by atoms with Crippen molar-refractivity contribution >= 4 is 5.82 Å². The Morgan fingerprint density at radius 2 is 1.61 bits per heavy atom. The van der Waals surface area contributed by atoms with Crippen LogP contribution in [-0.2, 0) is 5.41 Å². The van der Waals surface area contributed by atoms with Crippen LogP contribution in [0.5, 0.6) is 0 Å². The Labute approximate surface area is 109 Å². The zero-order valence-corrected chi connectivity index (χ0v) is 11.5. The van der Waals surface area contributed by atoms with E-state index in [0.29, 0.717) is 5.82 Å². The first-order valence-electron chi connectivity index (χ1n) is 6.21. The van der Waals surface area contributed by atoms with E-state index in [9.17, 15) is 0 Å². The molecule has 0 saturated heterocycles. The van der Waals surface area contributed by atoms with Crippen molar-refractivity contribution in [1.29, 1.82) is 0 Å². The fourth-order valence-corrected chi connectivity index (χ4v) is 2.09. The SMILES string of the molecule is Cc1ccnc(N)c1-c1ccc(C(C)(C)C)cc1. The van der Waals surface area contributed by atoms with Gasteiger partial charge < -0.3 is 5.73 Å². The van der Waals surface area contributed by atoms with Gasteiger partial charge in [-0.25, -0.2) is 4.98 Å². The van der Waals surface area contributed by atoms with Gasteiger partial charge in [-0.3, -0.25) is 0 Å². The third kappa shape index (κ3) is 2.37. The number of hydrogen-bond acceptors (Lipinski definition) is 2. The van der Waals surface area contributed by atoms with Gasteiger partial charge in [-0.05, 0) is 35.1 Å². The zero-order chi connectivity index (χ0) is 13.3. The van der Waals surface area contributed by atoms with Crippen molar-refractivity contribution in [2.45, 2.75) is 33.1 Å². The van der Waals surface area contributed by atoms with Crippen LogP contribution < -0.4 is 5.73 Å². The van der Waals surface area contributed by atoms with Gasteiger partial charge in [0.2, 0.25) is 0 Å². The maximum Gasteiger partial charge on any atom is 0.131 e. The molecule has 2 rings (SSSR count). The summed E-state index contributed by atoms with van der Waals surface area (Å²) in [5.74, 6) is 0.596. The van der Waals surface area contributed by atoms with E-state index in [1.807, 2.05) is 6.07 Å². The molecule has 1 heterocycles. The first-order valence-corrected chi connectivity index (χ1v) is 6.21. The zero-order valence-electron chi connectivity index (χ0n) is 11.5. The second-order valence-electron chi connectivity index (χ2n) is 5.72. The summed E-state index contributed by atoms with van der Waals surface area (Å²) in [6.07, 6.45) is 1.75. The topological polar surface area (TPSA) is 38.9 Å². The number of nitrogens with two attached hydrogens (primary N) is 1. The Bertz CT molecular complexity index is 528. The number of aryl methyl sites for hydroxylation is 1. The van der Waals surface area contributed by atoms with Crippen molar-refractivity contribution < 1.29 is 0 Å². The van der Waals surface area contributed by atoms with Gasteiger partial charge in [-0.2, -0.15) is 0 Å². The molecule has 0 spiro atoms. The Morgan fingerprint density at radius 1 is 1.00 bits per heavy atom. The van der Waals surface area contributed by atoms with E-state index in [1.165, 1.54) is 5.56 Å². The number of nitrogens with zero attached hydrogens (tertiary/aromatic N) is 1. The van der Waals surface area contributed by atoms with E-state index in [2.05, 4.69) is 56.9 Å². The van der Waals surface area contributed by atoms with Crippen molar-refractivity contribution in [3.63, 3.8) is 0 Å². The van der Waals surface area contributed by atoms with E-state index in [0.717, 1.165) is 16.7 Å². The summed E-state index contributed by atoms with van der Waals surface area (Å²) >= 11 is 0. The monoisotopic (exact) mass is 240 g/mol. The normalized spacial score (nSPS) is 11.6. The first kappa shape index (κ1) is 12.6. The molecule has 0 fully saturated rings. The second-order valence-corrected chi connectivity index (χ2v) is 5.72. The molecule has 0 atom stereocenters. The highest BCUT2D eigenvalue weighted by Gasteiger charge is 2.14. The summed E-state index contributed by atoms with van der Waals surface area (Å²) in [4.78, 5) is 4.17. The number of pyridine rings is 1. The Morgan fingerprint density at radius 3 is 2.11 bits per heavy atom. The highest BCUT2D eigenvalue weighted by atomic mass is 14.8. The molecule has 0 saturated carbocycles. The smallest absolute Gasteiger partial charge is 0.131 e. The predicted octanol–water partition coefficient (Wildman–Crippen LogP) is 3.94. The largest absolute Gasteiger partial charge is 0.383 e. The molecule has 2 nitrogen and oxygen atoms in total. The van der Waals surface area contributed by atoms with Crippen LogP contribution in [0.3, 0.4) is 0 Å². The van der Waals surface area contributed by atoms with Gasteiger partial charge in [0.25, 0.3) is 0 Å². The summed E-state index contributed by atoms with van der Waals surface area (Å²) in [7, 11) is 0. The number of anilines is 1. The van der Waals surface area contributed by atoms with E-state index in [1.54, 1.807) is 6.20 Å². The summed E-state index contributed by atoms with van der Waals surface area (Å²) in [5.41, 5.74) is 10.8. The van der Waals surface area contributed by atoms with Crippen LogP contribution in [0.2, 0.25) is 0 Å². The van der Waals surface area contributed by atoms with E-state index < -0.39 is 0 Å². The fraction of sp³-hybridized carbons (Fsp3) is 0.312. The van der Waals surface area contributed by atoms with Gasteiger partial charge >= 0.3 is 0 Å². The minimum atomic E-state index is 0.175. The molecule has 0 aliphatic rings. The van der Waals surface area contributed by atoms with Crippen molar-refractivity contribution in [1.82, 2.24) is 4.98 Å². The van der Waals surface area contributed by atoms with Crippen molar-refractivity contribution in [3.05, 3.63) is 47.7 Å². The lowest BCUT2D eigenvalue weighted by molar-refractivity contribution is 0.590. The third-order valence-corrected chi connectivity index (χ3v) is 3.23. The molecule has 2 heteroatoms. The molecule has 2 aromatic rings. The molecule has 0 bridgehead atoms. The van der Waals surface area contributed by atoms with Gasteiger partial charge in [0.15, 0.2) is 0 Å². The minimum absolute atomic E-state index is 0.175. The number of hydrogen-bond donors (Lipinski definition) is 1. The summed E-state index contributed by atoms with van der Waals surface area (Å²) in [6, 6.07) is 10.6. The lowest BCUT2D eigenvalue weighted by Gasteiger charge is -2.19. The Balaban J connectivity index is 2.47. The van der Waals surface area contributed by atoms with Gasteiger partial charge in [0.1, 0.15) is 5.82 Å². The molecule has 0 radical (unpaired) electrons. The summed E-state index contributed by atoms with van der Waals surface area (Å²) < 4.78 is 0. The number of aromatic nitrogens is 1. The highest BCUT2D eigenvalue weighted by Crippen LogP contribution is 2.30. The second kappa shape index (κ2) is 4.45. The number of benzene rings is 1. The lowest BCUT2D eigenvalue weighted by atomic mass is 9.86. The van der Waals surface area contributed by atoms with Crippen LogP contribution >= 0.6 is 0 Å². The van der Waals surface area contributed by atoms with E-state index >= 15 is 0 Å². The molecular weight excluding hydrogens is 220 g/mol. The van der Waals surface area contributed by atoms with Crippen LogP contribution in [-0.4, -0.2) is 4.98 Å². The molecule has 0 amide bonds. The Kier molecular flexibility index (Phi) is 3.12. The van der Waals surface area contributed by atoms with Crippen LogP contribution in [0, 0.1) is 6.92 Å². The average Bonchev–Trinajstić information content (AvgIpc) is 2.28. The van der Waals surface area contributed by atoms with Crippen LogP contribution in [0.25, 0.3) is 11.1 Å². The lowest BCUT2D eigenvalue weighted by Crippen LogP contribution is -2.10. The maximum atomic E-state index is 5.97. The minimum Gasteiger partial charge on any atom is -0.383 e. The first-order chi connectivity index (χ1) is 8.39. The third-order valence-electron chi connectivity index (χ3n) is 3.23. The van der Waals surface area contributed by atoms with Crippen molar-refractivity contribution in [2.24, 2.45) is 0 Å². The number of nitrogen functional groups attached to an aromatic ring is 1. The molecule has 1 aromatic heterocycles. The molecule has 2 N–H and O–H groups in total. The van der Waals surface area contributed by atoms with E-state index in [4.69, 9.17) is 5.73 Å². The Hall–Kier alpha value is -1.83. The van der Waals surface area contributed by atoms with Crippen molar-refractivity contribution in [2.75, 3.05) is 5.73 Å². The quantitative estimate of drug-likeness (QED) is 0.820. The molecular formula is C16H20N2. The van der Waals surface area contributed by atoms with Gasteiger partial charge in [0.05, 0.1) is 0 Å². The standard InChI is InChI=1S/C16H20N2/c1-11-9-10-18-15(17)14(11)12-5-7-13(8-6-12)16(2,3)4/h5-10H,1-4H3,(H2,17,18). The van der Waals surface area contributed by atoms with Crippen LogP contribution in [0.1, 0.15) is 31.9 Å². The van der Waals surface area contributed by atoms with E-state index in [-0.39, 0.29) is 5.41 Å². The molecule has 0 unspecified atom stereocenters. The molecule has 18 heavy (non-hydrogen) atoms.